The van der Waals surface area contributed by atoms with E-state index in [1.165, 1.54) is 6.20 Å². The Bertz CT molecular complexity index is 1220. The summed E-state index contributed by atoms with van der Waals surface area (Å²) < 4.78 is 11.0. The van der Waals surface area contributed by atoms with Crippen molar-refractivity contribution in [3.8, 4) is 17.1 Å². The molecule has 1 N–H and O–H groups in total. The fraction of sp³-hybridized carbons (Fsp3) is 0.136. The Hall–Kier alpha value is -3.85. The van der Waals surface area contributed by atoms with Gasteiger partial charge in [0.15, 0.2) is 5.82 Å². The Labute approximate surface area is 182 Å². The van der Waals surface area contributed by atoms with Crippen molar-refractivity contribution in [3.05, 3.63) is 77.6 Å². The summed E-state index contributed by atoms with van der Waals surface area (Å²) in [6.45, 7) is 3.85. The molecule has 0 aliphatic rings. The van der Waals surface area contributed by atoms with Gasteiger partial charge in [0, 0.05) is 22.7 Å². The molecule has 0 aliphatic carbocycles. The molecule has 0 aliphatic heterocycles. The van der Waals surface area contributed by atoms with Crippen LogP contribution in [0.1, 0.15) is 33.3 Å². The van der Waals surface area contributed by atoms with Gasteiger partial charge in [-0.05, 0) is 38.1 Å². The largest absolute Gasteiger partial charge is 0.462 e. The molecule has 0 fully saturated rings. The van der Waals surface area contributed by atoms with Crippen molar-refractivity contribution < 1.29 is 14.3 Å². The van der Waals surface area contributed by atoms with Gasteiger partial charge in [-0.25, -0.2) is 9.48 Å². The lowest BCUT2D eigenvalue weighted by atomic mass is 10.2. The van der Waals surface area contributed by atoms with Crippen LogP contribution in [0.25, 0.3) is 17.1 Å². The fourth-order valence-electron chi connectivity index (χ4n) is 2.98. The van der Waals surface area contributed by atoms with Crippen LogP contribution in [0.2, 0.25) is 0 Å². The molecule has 0 saturated heterocycles. The van der Waals surface area contributed by atoms with Gasteiger partial charge in [-0.2, -0.15) is 14.5 Å². The van der Waals surface area contributed by atoms with Gasteiger partial charge in [-0.3, -0.25) is 10.1 Å². The summed E-state index contributed by atoms with van der Waals surface area (Å²) in [5.74, 6) is -0.122. The van der Waals surface area contributed by atoms with Crippen molar-refractivity contribution in [1.82, 2.24) is 19.1 Å². The number of ether oxygens (including phenoxy) is 1. The molecular formula is C22H19N5O3S. The van der Waals surface area contributed by atoms with E-state index in [1.807, 2.05) is 30.3 Å². The molecule has 2 aromatic heterocycles. The van der Waals surface area contributed by atoms with E-state index in [9.17, 15) is 9.59 Å². The number of rotatable bonds is 6. The first-order valence-electron chi connectivity index (χ1n) is 9.59. The number of hydrogen-bond donors (Lipinski definition) is 1. The summed E-state index contributed by atoms with van der Waals surface area (Å²) in [6.07, 6.45) is 1.48. The number of nitrogens with one attached hydrogen (secondary N) is 1. The number of hydrogen-bond acceptors (Lipinski definition) is 7. The normalized spacial score (nSPS) is 10.6. The van der Waals surface area contributed by atoms with Crippen LogP contribution in [0.15, 0.2) is 60.8 Å². The molecule has 0 spiro atoms. The Morgan fingerprint density at radius 3 is 2.55 bits per heavy atom. The highest BCUT2D eigenvalue weighted by molar-refractivity contribution is 7.10. The minimum atomic E-state index is -0.408. The van der Waals surface area contributed by atoms with Crippen LogP contribution in [0.3, 0.4) is 0 Å². The van der Waals surface area contributed by atoms with E-state index in [0.717, 1.165) is 22.8 Å². The smallest absolute Gasteiger partial charge is 0.341 e. The molecule has 0 saturated carbocycles. The van der Waals surface area contributed by atoms with Gasteiger partial charge < -0.3 is 4.74 Å². The minimum Gasteiger partial charge on any atom is -0.462 e. The second-order valence-electron chi connectivity index (χ2n) is 6.57. The summed E-state index contributed by atoms with van der Waals surface area (Å²) in [4.78, 5) is 28.9. The summed E-state index contributed by atoms with van der Waals surface area (Å²) in [7, 11) is 0. The number of anilines is 1. The molecule has 31 heavy (non-hydrogen) atoms. The first-order chi connectivity index (χ1) is 15.1. The van der Waals surface area contributed by atoms with Crippen LogP contribution >= 0.6 is 11.5 Å². The highest BCUT2D eigenvalue weighted by Crippen LogP contribution is 2.22. The third kappa shape index (κ3) is 4.36. The molecule has 8 nitrogen and oxygen atoms in total. The fourth-order valence-corrected chi connectivity index (χ4v) is 3.57. The maximum absolute atomic E-state index is 12.6. The van der Waals surface area contributed by atoms with E-state index >= 15 is 0 Å². The van der Waals surface area contributed by atoms with Crippen LogP contribution in [0, 0.1) is 6.92 Å². The van der Waals surface area contributed by atoms with Gasteiger partial charge >= 0.3 is 5.97 Å². The molecule has 4 aromatic rings. The number of carbonyl (C=O) groups is 2. The van der Waals surface area contributed by atoms with Gasteiger partial charge in [-0.1, -0.05) is 30.3 Å². The third-order valence-corrected chi connectivity index (χ3v) is 5.19. The van der Waals surface area contributed by atoms with Crippen LogP contribution in [0.4, 0.5) is 5.13 Å². The average molecular weight is 433 g/mol. The highest BCUT2D eigenvalue weighted by atomic mass is 32.1. The first-order valence-corrected chi connectivity index (χ1v) is 10.4. The summed E-state index contributed by atoms with van der Waals surface area (Å²) in [6, 6.07) is 16.5. The molecule has 9 heteroatoms. The van der Waals surface area contributed by atoms with Crippen LogP contribution in [0.5, 0.6) is 0 Å². The van der Waals surface area contributed by atoms with E-state index in [2.05, 4.69) is 19.8 Å². The van der Waals surface area contributed by atoms with Gasteiger partial charge in [-0.15, -0.1) is 0 Å². The number of esters is 1. The molecule has 0 radical (unpaired) electrons. The van der Waals surface area contributed by atoms with Gasteiger partial charge in [0.05, 0.1) is 24.2 Å². The van der Waals surface area contributed by atoms with Crippen molar-refractivity contribution in [2.45, 2.75) is 13.8 Å². The molecule has 2 aromatic carbocycles. The van der Waals surface area contributed by atoms with E-state index in [1.54, 1.807) is 42.8 Å². The predicted octanol–water partition coefficient (Wildman–Crippen LogP) is 4.13. The summed E-state index contributed by atoms with van der Waals surface area (Å²) in [5, 5.41) is 7.46. The predicted molar refractivity (Wildman–Crippen MR) is 118 cm³/mol. The van der Waals surface area contributed by atoms with Crippen molar-refractivity contribution in [1.29, 1.82) is 0 Å². The molecule has 0 unspecified atom stereocenters. The molecule has 156 valence electrons. The van der Waals surface area contributed by atoms with Crippen molar-refractivity contribution in [2.24, 2.45) is 0 Å². The van der Waals surface area contributed by atoms with Crippen LogP contribution in [-0.4, -0.2) is 37.6 Å². The molecule has 0 bridgehead atoms. The van der Waals surface area contributed by atoms with E-state index < -0.39 is 5.97 Å². The molecular weight excluding hydrogens is 414 g/mol. The van der Waals surface area contributed by atoms with E-state index in [0.29, 0.717) is 34.4 Å². The van der Waals surface area contributed by atoms with Crippen LogP contribution in [-0.2, 0) is 4.74 Å². The van der Waals surface area contributed by atoms with Gasteiger partial charge in [0.2, 0.25) is 5.13 Å². The first kappa shape index (κ1) is 20.4. The maximum Gasteiger partial charge on any atom is 0.341 e. The van der Waals surface area contributed by atoms with Crippen molar-refractivity contribution in [2.75, 3.05) is 11.9 Å². The van der Waals surface area contributed by atoms with E-state index in [-0.39, 0.29) is 5.91 Å². The monoisotopic (exact) mass is 433 g/mol. The van der Waals surface area contributed by atoms with E-state index in [4.69, 9.17) is 4.74 Å². The lowest BCUT2D eigenvalue weighted by Gasteiger charge is -2.07. The quantitative estimate of drug-likeness (QED) is 0.459. The number of aromatic nitrogens is 4. The number of carbonyl (C=O) groups excluding carboxylic acids is 2. The highest BCUT2D eigenvalue weighted by Gasteiger charge is 2.17. The zero-order valence-electron chi connectivity index (χ0n) is 16.9. The Morgan fingerprint density at radius 2 is 1.84 bits per heavy atom. The standard InChI is InChI=1S/C22H19N5O3S/c1-3-30-21(29)18-13-23-27(14(18)2)17-11-9-16(10-12-17)20(28)25-22-24-19(26-31-22)15-7-5-4-6-8-15/h4-13H,3H2,1-2H3,(H,24,25,26,28). The number of nitrogens with zero attached hydrogens (tertiary/aromatic N) is 4. The summed E-state index contributed by atoms with van der Waals surface area (Å²) in [5.41, 5.74) is 3.16. The Kier molecular flexibility index (Phi) is 5.85. The molecule has 2 heterocycles. The van der Waals surface area contributed by atoms with Crippen molar-refractivity contribution in [3.63, 3.8) is 0 Å². The lowest BCUT2D eigenvalue weighted by Crippen LogP contribution is -2.12. The number of amides is 1. The average Bonchev–Trinajstić information content (AvgIpc) is 3.41. The number of benzene rings is 2. The zero-order chi connectivity index (χ0) is 21.8. The zero-order valence-corrected chi connectivity index (χ0v) is 17.7. The van der Waals surface area contributed by atoms with Crippen molar-refractivity contribution >= 4 is 28.5 Å². The summed E-state index contributed by atoms with van der Waals surface area (Å²) >= 11 is 1.13. The Morgan fingerprint density at radius 1 is 1.10 bits per heavy atom. The SMILES string of the molecule is CCOC(=O)c1cnn(-c2ccc(C(=O)Nc3nc(-c4ccccc4)ns3)cc2)c1C. The minimum absolute atomic E-state index is 0.285. The molecule has 0 atom stereocenters. The molecule has 1 amide bonds. The topological polar surface area (TPSA) is 99.0 Å². The second-order valence-corrected chi connectivity index (χ2v) is 7.32. The lowest BCUT2D eigenvalue weighted by molar-refractivity contribution is 0.0525. The second kappa shape index (κ2) is 8.88. The van der Waals surface area contributed by atoms with Gasteiger partial charge in [0.1, 0.15) is 5.56 Å². The maximum atomic E-state index is 12.6. The molecule has 4 rings (SSSR count). The Balaban J connectivity index is 1.47. The third-order valence-electron chi connectivity index (χ3n) is 4.56. The van der Waals surface area contributed by atoms with Gasteiger partial charge in [0.25, 0.3) is 5.91 Å². The van der Waals surface area contributed by atoms with Crippen LogP contribution < -0.4 is 5.32 Å².